The molecule has 35 heavy (non-hydrogen) atoms. The lowest BCUT2D eigenvalue weighted by Crippen LogP contribution is -2.44. The van der Waals surface area contributed by atoms with E-state index in [2.05, 4.69) is 55.8 Å². The zero-order valence-electron chi connectivity index (χ0n) is 20.9. The summed E-state index contributed by atoms with van der Waals surface area (Å²) in [4.78, 5) is 7.19. The molecule has 0 bridgehead atoms. The second kappa shape index (κ2) is 11.6. The molecule has 0 atom stereocenters. The van der Waals surface area contributed by atoms with Crippen LogP contribution in [0.15, 0.2) is 42.5 Å². The molecule has 0 saturated carbocycles. The molecule has 1 saturated heterocycles. The highest BCUT2D eigenvalue weighted by Gasteiger charge is 2.20. The van der Waals surface area contributed by atoms with Crippen LogP contribution in [0.4, 0.5) is 11.6 Å². The van der Waals surface area contributed by atoms with Gasteiger partial charge in [0, 0.05) is 54.9 Å². The molecule has 184 valence electrons. The average molecular weight is 475 g/mol. The molecule has 0 radical (unpaired) electrons. The average Bonchev–Trinajstić information content (AvgIpc) is 3.28. The maximum Gasteiger partial charge on any atom is 0.192 e. The molecule has 1 aliphatic rings. The predicted octanol–water partition coefficient (Wildman–Crippen LogP) is 4.17. The Morgan fingerprint density at radius 3 is 2.60 bits per heavy atom. The summed E-state index contributed by atoms with van der Waals surface area (Å²) in [6, 6.07) is 14.0. The van der Waals surface area contributed by atoms with Gasteiger partial charge in [0.2, 0.25) is 0 Å². The summed E-state index contributed by atoms with van der Waals surface area (Å²) in [5, 5.41) is 24.2. The minimum absolute atomic E-state index is 0.568. The predicted molar refractivity (Wildman–Crippen MR) is 141 cm³/mol. The maximum atomic E-state index is 5.48. The topological polar surface area (TPSA) is 104 Å². The van der Waals surface area contributed by atoms with Gasteiger partial charge in [0.25, 0.3) is 0 Å². The second-order valence-electron chi connectivity index (χ2n) is 8.50. The number of methoxy groups -OCH3 is 1. The van der Waals surface area contributed by atoms with Crippen molar-refractivity contribution in [2.24, 2.45) is 0 Å². The van der Waals surface area contributed by atoms with E-state index in [1.165, 1.54) is 6.42 Å². The minimum Gasteiger partial charge on any atom is -0.496 e. The maximum absolute atomic E-state index is 5.48. The summed E-state index contributed by atoms with van der Waals surface area (Å²) < 4.78 is 5.48. The number of nitrogens with one attached hydrogen (secondary N) is 3. The number of rotatable bonds is 6. The van der Waals surface area contributed by atoms with E-state index in [1.807, 2.05) is 43.3 Å². The third-order valence-corrected chi connectivity index (χ3v) is 5.73. The zero-order chi connectivity index (χ0) is 24.6. The van der Waals surface area contributed by atoms with Crippen molar-refractivity contribution < 1.29 is 4.74 Å². The van der Waals surface area contributed by atoms with Crippen LogP contribution < -0.4 is 20.3 Å². The summed E-state index contributed by atoms with van der Waals surface area (Å²) in [7, 11) is 1.68. The van der Waals surface area contributed by atoms with Crippen LogP contribution in [0.3, 0.4) is 0 Å². The number of anilines is 2. The molecule has 2 aromatic carbocycles. The minimum atomic E-state index is 0.568. The highest BCUT2D eigenvalue weighted by atomic mass is 16.5. The molecule has 4 aromatic rings. The van der Waals surface area contributed by atoms with Crippen LogP contribution in [0.5, 0.6) is 5.75 Å². The fourth-order valence-corrected chi connectivity index (χ4v) is 3.96. The molecular weight excluding hydrogens is 440 g/mol. The number of nitrogens with zero attached hydrogens (tertiary/aromatic N) is 5. The van der Waals surface area contributed by atoms with E-state index in [1.54, 1.807) is 7.11 Å². The Bertz CT molecular complexity index is 1250. The molecule has 0 amide bonds. The Morgan fingerprint density at radius 2 is 1.83 bits per heavy atom. The number of fused-ring (bicyclic) bond motifs is 1. The van der Waals surface area contributed by atoms with Crippen LogP contribution in [0, 0.1) is 6.92 Å². The molecule has 3 N–H and O–H groups in total. The number of aryl methyl sites for hydroxylation is 1. The van der Waals surface area contributed by atoms with Gasteiger partial charge in [0.05, 0.1) is 12.6 Å². The lowest BCUT2D eigenvalue weighted by molar-refractivity contribution is 0.410. The molecule has 3 heterocycles. The number of benzene rings is 2. The number of ether oxygens (including phenoxy) is 1. The lowest BCUT2D eigenvalue weighted by Gasteiger charge is -2.29. The van der Waals surface area contributed by atoms with Crippen LogP contribution >= 0.6 is 0 Å². The van der Waals surface area contributed by atoms with E-state index in [9.17, 15) is 0 Å². The van der Waals surface area contributed by atoms with Gasteiger partial charge < -0.3 is 20.3 Å². The van der Waals surface area contributed by atoms with Crippen molar-refractivity contribution in [2.45, 2.75) is 33.7 Å². The Balaban J connectivity index is 0.000000917. The van der Waals surface area contributed by atoms with E-state index >= 15 is 0 Å². The van der Waals surface area contributed by atoms with Crippen molar-refractivity contribution in [2.75, 3.05) is 43.5 Å². The highest BCUT2D eigenvalue weighted by molar-refractivity contribution is 5.85. The first-order valence-corrected chi connectivity index (χ1v) is 12.2. The Labute approximate surface area is 206 Å². The van der Waals surface area contributed by atoms with Gasteiger partial charge in [0.1, 0.15) is 5.75 Å². The summed E-state index contributed by atoms with van der Waals surface area (Å²) in [6.45, 7) is 10.4. The third kappa shape index (κ3) is 5.68. The molecule has 0 spiro atoms. The Morgan fingerprint density at radius 1 is 1.06 bits per heavy atom. The molecular formula is C26H34N8O. The standard InChI is InChI=1S/C23H26N8O.C3H8/c1-15-18-13-16(7-8-19(18)28-27-15)21-26-23(31-11-9-24-10-12-31)22(30-29-21)25-14-17-5-3-4-6-20(17)32-2;1-3-2/h3-8,13,24H,9-12,14H2,1-2H3,(H,25,30)(H,27,28);3H2,1-2H3. The fourth-order valence-electron chi connectivity index (χ4n) is 3.96. The van der Waals surface area contributed by atoms with Crippen molar-refractivity contribution in [3.63, 3.8) is 0 Å². The first-order valence-electron chi connectivity index (χ1n) is 12.2. The second-order valence-corrected chi connectivity index (χ2v) is 8.50. The number of H-pyrrole nitrogens is 1. The van der Waals surface area contributed by atoms with Gasteiger partial charge in [-0.05, 0) is 31.2 Å². The van der Waals surface area contributed by atoms with E-state index in [4.69, 9.17) is 9.72 Å². The van der Waals surface area contributed by atoms with Crippen LogP contribution in [-0.4, -0.2) is 58.7 Å². The van der Waals surface area contributed by atoms with Gasteiger partial charge in [-0.2, -0.15) is 5.10 Å². The number of hydrogen-bond acceptors (Lipinski definition) is 8. The largest absolute Gasteiger partial charge is 0.496 e. The molecule has 1 fully saturated rings. The van der Waals surface area contributed by atoms with E-state index in [-0.39, 0.29) is 0 Å². The molecule has 9 nitrogen and oxygen atoms in total. The van der Waals surface area contributed by atoms with Gasteiger partial charge in [-0.15, -0.1) is 10.2 Å². The van der Waals surface area contributed by atoms with Crippen LogP contribution in [0.25, 0.3) is 22.3 Å². The van der Waals surface area contributed by atoms with Crippen LogP contribution in [0.1, 0.15) is 31.5 Å². The molecule has 1 aliphatic heterocycles. The number of para-hydroxylation sites is 1. The molecule has 5 rings (SSSR count). The SMILES string of the molecule is CCC.COc1ccccc1CNc1nnc(-c2ccc3n[nH]c(C)c3c2)nc1N1CCNCC1. The first-order chi connectivity index (χ1) is 17.1. The Hall–Kier alpha value is -3.72. The van der Waals surface area contributed by atoms with E-state index in [0.717, 1.165) is 65.5 Å². The van der Waals surface area contributed by atoms with Gasteiger partial charge in [-0.25, -0.2) is 4.98 Å². The zero-order valence-corrected chi connectivity index (χ0v) is 20.9. The third-order valence-electron chi connectivity index (χ3n) is 5.73. The number of piperazine rings is 1. The smallest absolute Gasteiger partial charge is 0.192 e. The van der Waals surface area contributed by atoms with Crippen molar-refractivity contribution in [1.82, 2.24) is 30.7 Å². The monoisotopic (exact) mass is 474 g/mol. The first kappa shape index (κ1) is 24.4. The van der Waals surface area contributed by atoms with Crippen molar-refractivity contribution >= 4 is 22.5 Å². The van der Waals surface area contributed by atoms with Gasteiger partial charge in [-0.3, -0.25) is 5.10 Å². The number of hydrogen-bond donors (Lipinski definition) is 3. The lowest BCUT2D eigenvalue weighted by atomic mass is 10.1. The quantitative estimate of drug-likeness (QED) is 0.383. The van der Waals surface area contributed by atoms with Crippen molar-refractivity contribution in [1.29, 1.82) is 0 Å². The van der Waals surface area contributed by atoms with Crippen molar-refractivity contribution in [3.8, 4) is 17.1 Å². The van der Waals surface area contributed by atoms with Crippen LogP contribution in [-0.2, 0) is 6.54 Å². The van der Waals surface area contributed by atoms with Crippen LogP contribution in [0.2, 0.25) is 0 Å². The molecule has 2 aromatic heterocycles. The molecule has 0 unspecified atom stereocenters. The van der Waals surface area contributed by atoms with E-state index < -0.39 is 0 Å². The van der Waals surface area contributed by atoms with E-state index in [0.29, 0.717) is 18.2 Å². The highest BCUT2D eigenvalue weighted by Crippen LogP contribution is 2.28. The summed E-state index contributed by atoms with van der Waals surface area (Å²) in [5.74, 6) is 2.92. The fraction of sp³-hybridized carbons (Fsp3) is 0.385. The summed E-state index contributed by atoms with van der Waals surface area (Å²) >= 11 is 0. The van der Waals surface area contributed by atoms with Gasteiger partial charge in [0.15, 0.2) is 17.5 Å². The number of aromatic amines is 1. The van der Waals surface area contributed by atoms with Gasteiger partial charge in [-0.1, -0.05) is 38.5 Å². The van der Waals surface area contributed by atoms with Crippen molar-refractivity contribution in [3.05, 3.63) is 53.7 Å². The Kier molecular flexibility index (Phi) is 8.10. The molecule has 0 aliphatic carbocycles. The normalized spacial score (nSPS) is 13.3. The summed E-state index contributed by atoms with van der Waals surface area (Å²) in [6.07, 6.45) is 1.25. The summed E-state index contributed by atoms with van der Waals surface area (Å²) in [5.41, 5.74) is 3.92. The van der Waals surface area contributed by atoms with Gasteiger partial charge >= 0.3 is 0 Å². The molecule has 9 heteroatoms. The number of aromatic nitrogens is 5.